The standard InChI is InChI=1S/C15H29N3S/c1-18(2)11-7-6-10-16-14-17-12-15(13-19-14)8-4-3-5-9-15/h3-13H2,1-2H3,(H,16,17). The largest absolute Gasteiger partial charge is 0.365 e. The molecule has 1 aliphatic heterocycles. The fourth-order valence-electron chi connectivity index (χ4n) is 3.01. The minimum absolute atomic E-state index is 0.555. The summed E-state index contributed by atoms with van der Waals surface area (Å²) in [6, 6.07) is 0. The second-order valence-corrected chi connectivity index (χ2v) is 7.37. The number of unbranched alkanes of at least 4 members (excludes halogenated alkanes) is 1. The molecule has 2 aliphatic rings. The van der Waals surface area contributed by atoms with Crippen molar-refractivity contribution in [2.45, 2.75) is 44.9 Å². The summed E-state index contributed by atoms with van der Waals surface area (Å²) in [4.78, 5) is 7.05. The number of nitrogens with zero attached hydrogens (tertiary/aromatic N) is 2. The van der Waals surface area contributed by atoms with Gasteiger partial charge in [0, 0.05) is 18.8 Å². The molecule has 0 amide bonds. The first-order valence-corrected chi connectivity index (χ1v) is 8.75. The van der Waals surface area contributed by atoms with Crippen LogP contribution >= 0.6 is 11.8 Å². The normalized spacial score (nSPS) is 22.6. The van der Waals surface area contributed by atoms with Crippen LogP contribution < -0.4 is 5.32 Å². The van der Waals surface area contributed by atoms with Crippen LogP contribution in [-0.2, 0) is 0 Å². The van der Waals surface area contributed by atoms with Gasteiger partial charge in [0.15, 0.2) is 5.17 Å². The molecule has 0 radical (unpaired) electrons. The van der Waals surface area contributed by atoms with Crippen LogP contribution in [0, 0.1) is 5.41 Å². The fraction of sp³-hybridized carbons (Fsp3) is 0.933. The van der Waals surface area contributed by atoms with Gasteiger partial charge >= 0.3 is 0 Å². The summed E-state index contributed by atoms with van der Waals surface area (Å²) in [5.74, 6) is 1.29. The Morgan fingerprint density at radius 1 is 1.21 bits per heavy atom. The third-order valence-corrected chi connectivity index (χ3v) is 5.60. The molecule has 110 valence electrons. The summed E-state index contributed by atoms with van der Waals surface area (Å²) in [6.07, 6.45) is 9.59. The van der Waals surface area contributed by atoms with Crippen LogP contribution in [0.2, 0.25) is 0 Å². The van der Waals surface area contributed by atoms with E-state index in [1.54, 1.807) is 0 Å². The summed E-state index contributed by atoms with van der Waals surface area (Å²) in [6.45, 7) is 3.33. The van der Waals surface area contributed by atoms with Crippen LogP contribution in [0.3, 0.4) is 0 Å². The highest BCUT2D eigenvalue weighted by atomic mass is 32.2. The second kappa shape index (κ2) is 7.53. The van der Waals surface area contributed by atoms with Gasteiger partial charge in [-0.2, -0.15) is 0 Å². The van der Waals surface area contributed by atoms with Crippen LogP contribution in [0.5, 0.6) is 0 Å². The van der Waals surface area contributed by atoms with Crippen molar-refractivity contribution in [3.05, 3.63) is 0 Å². The molecule has 1 saturated carbocycles. The van der Waals surface area contributed by atoms with Crippen molar-refractivity contribution >= 4 is 16.9 Å². The van der Waals surface area contributed by atoms with Crippen LogP contribution in [0.1, 0.15) is 44.9 Å². The predicted molar refractivity (Wildman–Crippen MR) is 86.1 cm³/mol. The van der Waals surface area contributed by atoms with E-state index in [4.69, 9.17) is 4.99 Å². The van der Waals surface area contributed by atoms with Gasteiger partial charge in [0.2, 0.25) is 0 Å². The Kier molecular flexibility index (Phi) is 6.02. The Hall–Kier alpha value is -0.220. The molecule has 1 aliphatic carbocycles. The molecule has 1 fully saturated rings. The smallest absolute Gasteiger partial charge is 0.156 e. The van der Waals surface area contributed by atoms with Gasteiger partial charge in [-0.3, -0.25) is 4.99 Å². The second-order valence-electron chi connectivity index (χ2n) is 6.41. The van der Waals surface area contributed by atoms with Crippen molar-refractivity contribution in [2.24, 2.45) is 10.4 Å². The van der Waals surface area contributed by atoms with Crippen molar-refractivity contribution in [1.82, 2.24) is 10.2 Å². The molecule has 0 saturated heterocycles. The van der Waals surface area contributed by atoms with Gasteiger partial charge < -0.3 is 10.2 Å². The quantitative estimate of drug-likeness (QED) is 0.786. The molecule has 19 heavy (non-hydrogen) atoms. The molecule has 1 N–H and O–H groups in total. The first-order chi connectivity index (χ1) is 9.20. The molecule has 0 bridgehead atoms. The molecular weight excluding hydrogens is 254 g/mol. The van der Waals surface area contributed by atoms with Crippen molar-refractivity contribution in [2.75, 3.05) is 39.5 Å². The lowest BCUT2D eigenvalue weighted by molar-refractivity contribution is 0.232. The van der Waals surface area contributed by atoms with Gasteiger partial charge in [-0.15, -0.1) is 0 Å². The topological polar surface area (TPSA) is 27.6 Å². The molecular formula is C15H29N3S. The molecule has 1 heterocycles. The van der Waals surface area contributed by atoms with E-state index in [-0.39, 0.29) is 0 Å². The zero-order valence-corrected chi connectivity index (χ0v) is 13.4. The van der Waals surface area contributed by atoms with E-state index >= 15 is 0 Å². The minimum atomic E-state index is 0.555. The molecule has 0 aromatic carbocycles. The first-order valence-electron chi connectivity index (χ1n) is 7.76. The van der Waals surface area contributed by atoms with Gasteiger partial charge in [0.05, 0.1) is 0 Å². The van der Waals surface area contributed by atoms with Crippen molar-refractivity contribution in [3.63, 3.8) is 0 Å². The maximum atomic E-state index is 4.80. The Morgan fingerprint density at radius 3 is 2.63 bits per heavy atom. The molecule has 0 unspecified atom stereocenters. The summed E-state index contributed by atoms with van der Waals surface area (Å²) in [5.41, 5.74) is 0.555. The number of thioether (sulfide) groups is 1. The lowest BCUT2D eigenvalue weighted by atomic mass is 9.75. The van der Waals surface area contributed by atoms with Crippen molar-refractivity contribution in [3.8, 4) is 0 Å². The lowest BCUT2D eigenvalue weighted by Gasteiger charge is -2.38. The summed E-state index contributed by atoms with van der Waals surface area (Å²) < 4.78 is 0. The van der Waals surface area contributed by atoms with Gasteiger partial charge in [0.25, 0.3) is 0 Å². The summed E-state index contributed by atoms with van der Waals surface area (Å²) in [5, 5.41) is 4.71. The van der Waals surface area contributed by atoms with Crippen molar-refractivity contribution in [1.29, 1.82) is 0 Å². The predicted octanol–water partition coefficient (Wildman–Crippen LogP) is 2.97. The molecule has 4 heteroatoms. The SMILES string of the molecule is CN(C)CCCCNC1=NCC2(CCCCC2)CS1. The van der Waals surface area contributed by atoms with E-state index < -0.39 is 0 Å². The molecule has 2 rings (SSSR count). The third-order valence-electron chi connectivity index (χ3n) is 4.30. The van der Waals surface area contributed by atoms with Crippen molar-refractivity contribution < 1.29 is 0 Å². The number of hydrogen-bond acceptors (Lipinski definition) is 4. The van der Waals surface area contributed by atoms with Crippen LogP contribution in [0.15, 0.2) is 4.99 Å². The van der Waals surface area contributed by atoms with Gasteiger partial charge in [-0.05, 0) is 51.7 Å². The molecule has 1 spiro atoms. The van der Waals surface area contributed by atoms with E-state index in [2.05, 4.69) is 24.3 Å². The van der Waals surface area contributed by atoms with Crippen LogP contribution in [0.4, 0.5) is 0 Å². The van der Waals surface area contributed by atoms with E-state index in [9.17, 15) is 0 Å². The highest BCUT2D eigenvalue weighted by Crippen LogP contribution is 2.41. The number of amidine groups is 1. The van der Waals surface area contributed by atoms with E-state index in [1.165, 1.54) is 62.4 Å². The van der Waals surface area contributed by atoms with E-state index in [0.717, 1.165) is 13.1 Å². The maximum absolute atomic E-state index is 4.80. The zero-order chi connectivity index (χ0) is 13.6. The zero-order valence-electron chi connectivity index (χ0n) is 12.6. The number of hydrogen-bond donors (Lipinski definition) is 1. The number of rotatable bonds is 5. The van der Waals surface area contributed by atoms with Gasteiger partial charge in [0.1, 0.15) is 0 Å². The average Bonchev–Trinajstić information content (AvgIpc) is 2.41. The highest BCUT2D eigenvalue weighted by Gasteiger charge is 2.34. The Bertz CT molecular complexity index is 296. The highest BCUT2D eigenvalue weighted by molar-refractivity contribution is 8.13. The van der Waals surface area contributed by atoms with E-state index in [1.807, 2.05) is 11.8 Å². The number of nitrogens with one attached hydrogen (secondary N) is 1. The molecule has 3 nitrogen and oxygen atoms in total. The molecule has 0 aromatic heterocycles. The fourth-order valence-corrected chi connectivity index (χ4v) is 4.19. The van der Waals surface area contributed by atoms with Crippen LogP contribution in [-0.4, -0.2) is 49.6 Å². The Balaban J connectivity index is 1.63. The minimum Gasteiger partial charge on any atom is -0.365 e. The Labute approximate surface area is 122 Å². The third kappa shape index (κ3) is 4.99. The molecule has 0 atom stereocenters. The van der Waals surface area contributed by atoms with Gasteiger partial charge in [-0.25, -0.2) is 0 Å². The van der Waals surface area contributed by atoms with E-state index in [0.29, 0.717) is 5.41 Å². The van der Waals surface area contributed by atoms with Crippen LogP contribution in [0.25, 0.3) is 0 Å². The lowest BCUT2D eigenvalue weighted by Crippen LogP contribution is -2.37. The maximum Gasteiger partial charge on any atom is 0.156 e. The average molecular weight is 283 g/mol. The monoisotopic (exact) mass is 283 g/mol. The first kappa shape index (κ1) is 15.2. The Morgan fingerprint density at radius 2 is 2.00 bits per heavy atom. The number of aliphatic imine (C=N–C) groups is 1. The van der Waals surface area contributed by atoms with Gasteiger partial charge in [-0.1, -0.05) is 31.0 Å². The summed E-state index contributed by atoms with van der Waals surface area (Å²) >= 11 is 1.96. The summed E-state index contributed by atoms with van der Waals surface area (Å²) in [7, 11) is 4.27. The molecule has 0 aromatic rings.